The number of rotatable bonds is 4. The fourth-order valence-electron chi connectivity index (χ4n) is 2.10. The summed E-state index contributed by atoms with van der Waals surface area (Å²) >= 11 is 0. The van der Waals surface area contributed by atoms with E-state index in [4.69, 9.17) is 0 Å². The van der Waals surface area contributed by atoms with Gasteiger partial charge in [-0.2, -0.15) is 0 Å². The van der Waals surface area contributed by atoms with Gasteiger partial charge in [0.2, 0.25) is 0 Å². The van der Waals surface area contributed by atoms with Crippen LogP contribution in [0.25, 0.3) is 5.82 Å². The Morgan fingerprint density at radius 2 is 1.95 bits per heavy atom. The molecule has 1 amide bonds. The summed E-state index contributed by atoms with van der Waals surface area (Å²) in [4.78, 5) is 17.9. The summed E-state index contributed by atoms with van der Waals surface area (Å²) in [5, 5.41) is 8.06. The normalized spacial score (nSPS) is 10.4. The highest BCUT2D eigenvalue weighted by Crippen LogP contribution is 2.08. The van der Waals surface area contributed by atoms with Gasteiger partial charge in [0.25, 0.3) is 5.91 Å². The van der Waals surface area contributed by atoms with Crippen LogP contribution in [0.5, 0.6) is 0 Å². The Bertz CT molecular complexity index is 738. The summed E-state index contributed by atoms with van der Waals surface area (Å²) in [6, 6.07) is 13.2. The fraction of sp³-hybridized carbons (Fsp3) is 0.125. The Hall–Kier alpha value is -3.02. The largest absolute Gasteiger partial charge is 0.336 e. The van der Waals surface area contributed by atoms with Gasteiger partial charge in [-0.15, -0.1) is 10.2 Å². The maximum absolute atomic E-state index is 12.4. The van der Waals surface area contributed by atoms with Crippen molar-refractivity contribution in [2.45, 2.75) is 6.54 Å². The Morgan fingerprint density at radius 3 is 2.59 bits per heavy atom. The molecule has 0 unspecified atom stereocenters. The van der Waals surface area contributed by atoms with Crippen LogP contribution in [-0.2, 0) is 6.54 Å². The van der Waals surface area contributed by atoms with Crippen molar-refractivity contribution in [2.75, 3.05) is 7.05 Å². The van der Waals surface area contributed by atoms with E-state index in [1.54, 1.807) is 47.4 Å². The minimum Gasteiger partial charge on any atom is -0.336 e. The minimum atomic E-state index is -0.159. The molecular weight excluding hydrogens is 278 g/mol. The Morgan fingerprint density at radius 1 is 1.14 bits per heavy atom. The second kappa shape index (κ2) is 6.17. The lowest BCUT2D eigenvalue weighted by molar-refractivity contribution is 0.0778. The molecule has 0 spiro atoms. The van der Waals surface area contributed by atoms with E-state index in [1.165, 1.54) is 0 Å². The van der Waals surface area contributed by atoms with Crippen molar-refractivity contribution in [3.05, 3.63) is 72.4 Å². The maximum Gasteiger partial charge on any atom is 0.274 e. The van der Waals surface area contributed by atoms with Gasteiger partial charge in [0.05, 0.1) is 0 Å². The van der Waals surface area contributed by atoms with Gasteiger partial charge in [-0.25, -0.2) is 4.98 Å². The number of imidazole rings is 1. The molecule has 6 nitrogen and oxygen atoms in total. The molecule has 0 fully saturated rings. The zero-order valence-corrected chi connectivity index (χ0v) is 12.1. The second-order valence-corrected chi connectivity index (χ2v) is 4.89. The topological polar surface area (TPSA) is 63.9 Å². The molecular formula is C16H15N5O. The highest BCUT2D eigenvalue weighted by atomic mass is 16.2. The van der Waals surface area contributed by atoms with E-state index in [0.29, 0.717) is 18.1 Å². The summed E-state index contributed by atoms with van der Waals surface area (Å²) in [6.07, 6.45) is 5.06. The molecule has 0 N–H and O–H groups in total. The molecule has 3 rings (SSSR count). The summed E-state index contributed by atoms with van der Waals surface area (Å²) in [6.45, 7) is 0.532. The first kappa shape index (κ1) is 13.9. The molecule has 2 aromatic heterocycles. The van der Waals surface area contributed by atoms with Gasteiger partial charge >= 0.3 is 0 Å². The van der Waals surface area contributed by atoms with Gasteiger partial charge in [-0.1, -0.05) is 30.3 Å². The molecule has 0 bridgehead atoms. The molecule has 2 heterocycles. The van der Waals surface area contributed by atoms with E-state index in [0.717, 1.165) is 5.56 Å². The zero-order valence-electron chi connectivity index (χ0n) is 12.1. The van der Waals surface area contributed by atoms with Gasteiger partial charge in [-0.05, 0) is 17.7 Å². The number of nitrogens with zero attached hydrogens (tertiary/aromatic N) is 5. The van der Waals surface area contributed by atoms with E-state index in [2.05, 4.69) is 15.2 Å². The highest BCUT2D eigenvalue weighted by molar-refractivity contribution is 5.91. The van der Waals surface area contributed by atoms with Crippen LogP contribution in [0.4, 0.5) is 0 Å². The molecule has 0 aliphatic carbocycles. The maximum atomic E-state index is 12.4. The quantitative estimate of drug-likeness (QED) is 0.737. The minimum absolute atomic E-state index is 0.159. The number of hydrogen-bond acceptors (Lipinski definition) is 4. The Balaban J connectivity index is 1.72. The number of hydrogen-bond donors (Lipinski definition) is 0. The SMILES string of the molecule is CN(Cc1ccccc1)C(=O)c1ccc(-n2ccnc2)nn1. The molecule has 6 heteroatoms. The van der Waals surface area contributed by atoms with Crippen molar-refractivity contribution in [3.63, 3.8) is 0 Å². The third-order valence-electron chi connectivity index (χ3n) is 3.25. The molecule has 1 aromatic carbocycles. The third kappa shape index (κ3) is 3.01. The van der Waals surface area contributed by atoms with Crippen LogP contribution in [0.1, 0.15) is 16.1 Å². The van der Waals surface area contributed by atoms with Crippen molar-refractivity contribution < 1.29 is 4.79 Å². The van der Waals surface area contributed by atoms with Gasteiger partial charge in [-0.3, -0.25) is 9.36 Å². The predicted octanol–water partition coefficient (Wildman–Crippen LogP) is 1.93. The first-order chi connectivity index (χ1) is 10.7. The molecule has 0 aliphatic heterocycles. The van der Waals surface area contributed by atoms with E-state index in [9.17, 15) is 4.79 Å². The molecule has 0 radical (unpaired) electrons. The van der Waals surface area contributed by atoms with Crippen molar-refractivity contribution in [2.24, 2.45) is 0 Å². The van der Waals surface area contributed by atoms with Gasteiger partial charge in [0.1, 0.15) is 6.33 Å². The van der Waals surface area contributed by atoms with E-state index >= 15 is 0 Å². The lowest BCUT2D eigenvalue weighted by Gasteiger charge is -2.16. The molecule has 22 heavy (non-hydrogen) atoms. The van der Waals surface area contributed by atoms with Crippen molar-refractivity contribution in [1.29, 1.82) is 0 Å². The smallest absolute Gasteiger partial charge is 0.274 e. The number of carbonyl (C=O) groups excluding carboxylic acids is 1. The average molecular weight is 293 g/mol. The molecule has 0 aliphatic rings. The summed E-state index contributed by atoms with van der Waals surface area (Å²) < 4.78 is 1.73. The number of benzene rings is 1. The number of aromatic nitrogens is 4. The third-order valence-corrected chi connectivity index (χ3v) is 3.25. The van der Waals surface area contributed by atoms with Gasteiger partial charge < -0.3 is 4.90 Å². The molecule has 110 valence electrons. The van der Waals surface area contributed by atoms with E-state index in [1.807, 2.05) is 30.3 Å². The van der Waals surface area contributed by atoms with Crippen molar-refractivity contribution >= 4 is 5.91 Å². The molecule has 3 aromatic rings. The van der Waals surface area contributed by atoms with E-state index < -0.39 is 0 Å². The first-order valence-electron chi connectivity index (χ1n) is 6.85. The number of carbonyl (C=O) groups is 1. The predicted molar refractivity (Wildman–Crippen MR) is 81.4 cm³/mol. The monoisotopic (exact) mass is 293 g/mol. The molecule has 0 saturated carbocycles. The summed E-state index contributed by atoms with van der Waals surface area (Å²) in [7, 11) is 1.75. The van der Waals surface area contributed by atoms with Gasteiger partial charge in [0, 0.05) is 26.0 Å². The number of amides is 1. The van der Waals surface area contributed by atoms with Crippen LogP contribution in [0.3, 0.4) is 0 Å². The van der Waals surface area contributed by atoms with Crippen LogP contribution in [0.2, 0.25) is 0 Å². The van der Waals surface area contributed by atoms with Crippen LogP contribution in [0, 0.1) is 0 Å². The standard InChI is InChI=1S/C16H15N5O/c1-20(11-13-5-3-2-4-6-13)16(22)14-7-8-15(19-18-14)21-10-9-17-12-21/h2-10,12H,11H2,1H3. The van der Waals surface area contributed by atoms with Crippen LogP contribution in [0.15, 0.2) is 61.2 Å². The summed E-state index contributed by atoms with van der Waals surface area (Å²) in [5.74, 6) is 0.466. The lowest BCUT2D eigenvalue weighted by atomic mass is 10.2. The lowest BCUT2D eigenvalue weighted by Crippen LogP contribution is -2.27. The fourth-order valence-corrected chi connectivity index (χ4v) is 2.10. The Labute approximate surface area is 128 Å². The van der Waals surface area contributed by atoms with Crippen LogP contribution >= 0.6 is 0 Å². The summed E-state index contributed by atoms with van der Waals surface area (Å²) in [5.41, 5.74) is 1.39. The van der Waals surface area contributed by atoms with Crippen LogP contribution < -0.4 is 0 Å². The second-order valence-electron chi connectivity index (χ2n) is 4.89. The first-order valence-corrected chi connectivity index (χ1v) is 6.85. The molecule has 0 atom stereocenters. The Kier molecular flexibility index (Phi) is 3.91. The van der Waals surface area contributed by atoms with E-state index in [-0.39, 0.29) is 5.91 Å². The van der Waals surface area contributed by atoms with Crippen molar-refractivity contribution in [3.8, 4) is 5.82 Å². The van der Waals surface area contributed by atoms with Crippen molar-refractivity contribution in [1.82, 2.24) is 24.6 Å². The van der Waals surface area contributed by atoms with Crippen LogP contribution in [-0.4, -0.2) is 37.6 Å². The highest BCUT2D eigenvalue weighted by Gasteiger charge is 2.14. The van der Waals surface area contributed by atoms with Gasteiger partial charge in [0.15, 0.2) is 11.5 Å². The molecule has 0 saturated heterocycles. The zero-order chi connectivity index (χ0) is 15.4. The average Bonchev–Trinajstić information content (AvgIpc) is 3.10.